The molecule has 2 rings (SSSR count). The smallest absolute Gasteiger partial charge is 0.0366 e. The normalized spacial score (nSPS) is 10.0. The maximum Gasteiger partial charge on any atom is 0.0366 e. The summed E-state index contributed by atoms with van der Waals surface area (Å²) in [7, 11) is 0. The van der Waals surface area contributed by atoms with Gasteiger partial charge in [0.05, 0.1) is 0 Å². The molecule has 0 saturated carbocycles. The molecule has 2 heteroatoms. The Bertz CT molecular complexity index is 607. The van der Waals surface area contributed by atoms with Crippen molar-refractivity contribution in [1.82, 2.24) is 0 Å². The lowest BCUT2D eigenvalue weighted by molar-refractivity contribution is 0.866. The Morgan fingerprint density at radius 1 is 0.542 bits per heavy atom. The monoisotopic (exact) mass is 320 g/mol. The molecular weight excluding hydrogens is 292 g/mol. The van der Waals surface area contributed by atoms with Crippen LogP contribution in [0.4, 0.5) is 11.4 Å². The zero-order chi connectivity index (χ0) is 17.4. The molecular formula is C22H28N2. The van der Waals surface area contributed by atoms with Crippen LogP contribution in [0.15, 0.2) is 48.5 Å². The van der Waals surface area contributed by atoms with Crippen LogP contribution in [0.2, 0.25) is 0 Å². The van der Waals surface area contributed by atoms with Gasteiger partial charge in [-0.25, -0.2) is 0 Å². The highest BCUT2D eigenvalue weighted by molar-refractivity contribution is 5.54. The highest BCUT2D eigenvalue weighted by Gasteiger charge is 2.01. The van der Waals surface area contributed by atoms with Crippen molar-refractivity contribution in [2.75, 3.05) is 36.0 Å². The van der Waals surface area contributed by atoms with Gasteiger partial charge in [0.2, 0.25) is 0 Å². The van der Waals surface area contributed by atoms with E-state index >= 15 is 0 Å². The second-order valence-electron chi connectivity index (χ2n) is 5.69. The molecule has 0 bridgehead atoms. The fraction of sp³-hybridized carbons (Fsp3) is 0.364. The van der Waals surface area contributed by atoms with Crippen molar-refractivity contribution >= 4 is 11.4 Å². The van der Waals surface area contributed by atoms with Gasteiger partial charge < -0.3 is 9.80 Å². The number of rotatable bonds is 6. The van der Waals surface area contributed by atoms with Crippen molar-refractivity contribution in [1.29, 1.82) is 0 Å². The molecule has 0 atom stereocenters. The Morgan fingerprint density at radius 3 is 1.08 bits per heavy atom. The number of hydrogen-bond acceptors (Lipinski definition) is 2. The molecule has 0 aliphatic rings. The SMILES string of the molecule is CCN(CC)c1ccc(C#Cc2ccc(N(CC)CC)cc2)cc1. The van der Waals surface area contributed by atoms with E-state index in [-0.39, 0.29) is 0 Å². The zero-order valence-electron chi connectivity index (χ0n) is 15.3. The van der Waals surface area contributed by atoms with E-state index in [0.29, 0.717) is 0 Å². The topological polar surface area (TPSA) is 6.48 Å². The minimum absolute atomic E-state index is 1.03. The van der Waals surface area contributed by atoms with Crippen LogP contribution >= 0.6 is 0 Å². The van der Waals surface area contributed by atoms with Crippen molar-refractivity contribution in [3.05, 3.63) is 59.7 Å². The molecule has 2 aromatic rings. The lowest BCUT2D eigenvalue weighted by atomic mass is 10.1. The van der Waals surface area contributed by atoms with Crippen LogP contribution in [0.3, 0.4) is 0 Å². The van der Waals surface area contributed by atoms with Crippen LogP contribution in [0, 0.1) is 11.8 Å². The Morgan fingerprint density at radius 2 is 0.833 bits per heavy atom. The summed E-state index contributed by atoms with van der Waals surface area (Å²) in [5, 5.41) is 0. The highest BCUT2D eigenvalue weighted by atomic mass is 15.1. The van der Waals surface area contributed by atoms with Crippen molar-refractivity contribution in [3.63, 3.8) is 0 Å². The molecule has 24 heavy (non-hydrogen) atoms. The first-order valence-electron chi connectivity index (χ1n) is 8.93. The summed E-state index contributed by atoms with van der Waals surface area (Å²) < 4.78 is 0. The molecule has 0 aliphatic carbocycles. The van der Waals surface area contributed by atoms with E-state index in [4.69, 9.17) is 0 Å². The van der Waals surface area contributed by atoms with Crippen molar-refractivity contribution in [2.45, 2.75) is 27.7 Å². The third kappa shape index (κ3) is 4.55. The van der Waals surface area contributed by atoms with Gasteiger partial charge in [0, 0.05) is 48.7 Å². The van der Waals surface area contributed by atoms with Gasteiger partial charge in [-0.2, -0.15) is 0 Å². The van der Waals surface area contributed by atoms with Gasteiger partial charge in [0.1, 0.15) is 0 Å². The first-order chi connectivity index (χ1) is 11.7. The summed E-state index contributed by atoms with van der Waals surface area (Å²) in [6.07, 6.45) is 0. The first kappa shape index (κ1) is 17.9. The van der Waals surface area contributed by atoms with Crippen molar-refractivity contribution in [3.8, 4) is 11.8 Å². The van der Waals surface area contributed by atoms with E-state index in [1.54, 1.807) is 0 Å². The highest BCUT2D eigenvalue weighted by Crippen LogP contribution is 2.16. The summed E-state index contributed by atoms with van der Waals surface area (Å²) in [6, 6.07) is 17.0. The predicted molar refractivity (Wildman–Crippen MR) is 106 cm³/mol. The van der Waals surface area contributed by atoms with Crippen molar-refractivity contribution < 1.29 is 0 Å². The Labute approximate surface area is 147 Å². The minimum atomic E-state index is 1.03. The fourth-order valence-corrected chi connectivity index (χ4v) is 2.83. The predicted octanol–water partition coefficient (Wildman–Crippen LogP) is 4.78. The summed E-state index contributed by atoms with van der Waals surface area (Å²) in [4.78, 5) is 4.67. The van der Waals surface area contributed by atoms with Crippen molar-refractivity contribution in [2.24, 2.45) is 0 Å². The standard InChI is InChI=1S/C22H28N2/c1-5-23(6-2)21-15-11-19(12-16-21)9-10-20-13-17-22(18-14-20)24(7-3)8-4/h11-18H,5-8H2,1-4H3. The number of anilines is 2. The first-order valence-corrected chi connectivity index (χ1v) is 8.93. The quantitative estimate of drug-likeness (QED) is 0.707. The van der Waals surface area contributed by atoms with Crippen LogP contribution in [0.1, 0.15) is 38.8 Å². The number of hydrogen-bond donors (Lipinski definition) is 0. The molecule has 0 saturated heterocycles. The van der Waals surface area contributed by atoms with Crippen LogP contribution in [-0.2, 0) is 0 Å². The molecule has 2 aromatic carbocycles. The van der Waals surface area contributed by atoms with Crippen LogP contribution in [0.5, 0.6) is 0 Å². The van der Waals surface area contributed by atoms with Crippen LogP contribution in [-0.4, -0.2) is 26.2 Å². The summed E-state index contributed by atoms with van der Waals surface area (Å²) in [6.45, 7) is 12.8. The number of benzene rings is 2. The van der Waals surface area contributed by atoms with Gasteiger partial charge in [0.15, 0.2) is 0 Å². The Hall–Kier alpha value is -2.40. The average molecular weight is 320 g/mol. The molecule has 0 N–H and O–H groups in total. The maximum absolute atomic E-state index is 3.26. The second-order valence-corrected chi connectivity index (χ2v) is 5.69. The molecule has 126 valence electrons. The van der Waals surface area contributed by atoms with E-state index in [2.05, 4.69) is 97.9 Å². The fourth-order valence-electron chi connectivity index (χ4n) is 2.83. The Balaban J connectivity index is 2.09. The molecule has 0 radical (unpaired) electrons. The Kier molecular flexibility index (Phi) is 6.75. The molecule has 0 amide bonds. The average Bonchev–Trinajstić information content (AvgIpc) is 2.64. The van der Waals surface area contributed by atoms with Gasteiger partial charge in [-0.1, -0.05) is 11.8 Å². The third-order valence-corrected chi connectivity index (χ3v) is 4.34. The van der Waals surface area contributed by atoms with E-state index in [1.807, 2.05) is 0 Å². The third-order valence-electron chi connectivity index (χ3n) is 4.34. The molecule has 0 fully saturated rings. The zero-order valence-corrected chi connectivity index (χ0v) is 15.3. The van der Waals surface area contributed by atoms with E-state index in [0.717, 1.165) is 37.3 Å². The summed E-state index contributed by atoms with van der Waals surface area (Å²) >= 11 is 0. The van der Waals surface area contributed by atoms with E-state index in [9.17, 15) is 0 Å². The van der Waals surface area contributed by atoms with Gasteiger partial charge in [-0.15, -0.1) is 0 Å². The van der Waals surface area contributed by atoms with Gasteiger partial charge in [-0.05, 0) is 76.2 Å². The number of nitrogens with zero attached hydrogens (tertiary/aromatic N) is 2. The largest absolute Gasteiger partial charge is 0.372 e. The van der Waals surface area contributed by atoms with Crippen LogP contribution < -0.4 is 9.80 Å². The summed E-state index contributed by atoms with van der Waals surface area (Å²) in [5.74, 6) is 6.52. The molecule has 0 heterocycles. The lowest BCUT2D eigenvalue weighted by Crippen LogP contribution is -2.21. The lowest BCUT2D eigenvalue weighted by Gasteiger charge is -2.20. The van der Waals surface area contributed by atoms with Gasteiger partial charge >= 0.3 is 0 Å². The second kappa shape index (κ2) is 9.03. The van der Waals surface area contributed by atoms with Gasteiger partial charge in [-0.3, -0.25) is 0 Å². The van der Waals surface area contributed by atoms with E-state index in [1.165, 1.54) is 11.4 Å². The molecule has 0 unspecified atom stereocenters. The van der Waals surface area contributed by atoms with Gasteiger partial charge in [0.25, 0.3) is 0 Å². The molecule has 0 aliphatic heterocycles. The molecule has 0 aromatic heterocycles. The molecule has 0 spiro atoms. The van der Waals surface area contributed by atoms with Crippen LogP contribution in [0.25, 0.3) is 0 Å². The minimum Gasteiger partial charge on any atom is -0.372 e. The summed E-state index contributed by atoms with van der Waals surface area (Å²) in [5.41, 5.74) is 4.63. The molecule has 2 nitrogen and oxygen atoms in total. The van der Waals surface area contributed by atoms with E-state index < -0.39 is 0 Å². The maximum atomic E-state index is 3.26.